The van der Waals surface area contributed by atoms with Crippen LogP contribution in [-0.4, -0.2) is 68.9 Å². The van der Waals surface area contributed by atoms with Crippen LogP contribution in [0.4, 0.5) is 5.69 Å². The molecular formula is C26H31N3O7. The Hall–Kier alpha value is -3.92. The van der Waals surface area contributed by atoms with Crippen molar-refractivity contribution in [2.75, 3.05) is 26.2 Å². The van der Waals surface area contributed by atoms with Gasteiger partial charge in [0.25, 0.3) is 11.7 Å². The number of amides is 1. The first-order chi connectivity index (χ1) is 17.1. The van der Waals surface area contributed by atoms with Crippen molar-refractivity contribution in [2.24, 2.45) is 0 Å². The number of carbonyl (C=O) groups is 2. The number of nitro groups is 1. The summed E-state index contributed by atoms with van der Waals surface area (Å²) in [7, 11) is 0. The normalized spacial score (nSPS) is 17.3. The number of rotatable bonds is 10. The fourth-order valence-corrected chi connectivity index (χ4v) is 4.25. The number of phenolic OH excluding ortho intramolecular Hbond substituents is 1. The highest BCUT2D eigenvalue weighted by atomic mass is 16.6. The van der Waals surface area contributed by atoms with Crippen LogP contribution in [-0.2, 0) is 9.59 Å². The van der Waals surface area contributed by atoms with Crippen LogP contribution in [0, 0.1) is 10.1 Å². The molecule has 1 heterocycles. The lowest BCUT2D eigenvalue weighted by molar-refractivity contribution is -0.385. The number of nitrogens with zero attached hydrogens (tertiary/aromatic N) is 3. The van der Waals surface area contributed by atoms with E-state index in [1.165, 1.54) is 11.0 Å². The number of carbonyl (C=O) groups excluding carboxylic acids is 2. The molecule has 0 bridgehead atoms. The Morgan fingerprint density at radius 3 is 2.47 bits per heavy atom. The van der Waals surface area contributed by atoms with Gasteiger partial charge >= 0.3 is 5.69 Å². The number of benzene rings is 2. The number of phenols is 1. The summed E-state index contributed by atoms with van der Waals surface area (Å²) in [4.78, 5) is 40.5. The van der Waals surface area contributed by atoms with E-state index < -0.39 is 39.9 Å². The minimum atomic E-state index is -1.07. The molecule has 0 aromatic heterocycles. The number of likely N-dealkylation sites (N-methyl/N-ethyl adjacent to an activating group) is 1. The van der Waals surface area contributed by atoms with Crippen LogP contribution in [0.5, 0.6) is 11.5 Å². The largest absolute Gasteiger partial charge is 0.507 e. The Balaban J connectivity index is 2.17. The van der Waals surface area contributed by atoms with Crippen LogP contribution in [0.15, 0.2) is 48.0 Å². The third-order valence-corrected chi connectivity index (χ3v) is 6.08. The van der Waals surface area contributed by atoms with Crippen molar-refractivity contribution < 1.29 is 29.5 Å². The van der Waals surface area contributed by atoms with Gasteiger partial charge < -0.3 is 24.7 Å². The second-order valence-electron chi connectivity index (χ2n) is 8.72. The van der Waals surface area contributed by atoms with E-state index in [0.717, 1.165) is 25.2 Å². The predicted molar refractivity (Wildman–Crippen MR) is 134 cm³/mol. The second-order valence-corrected chi connectivity index (χ2v) is 8.72. The third kappa shape index (κ3) is 5.49. The number of aliphatic hydroxyl groups excluding tert-OH is 1. The van der Waals surface area contributed by atoms with E-state index in [9.17, 15) is 29.9 Å². The van der Waals surface area contributed by atoms with Gasteiger partial charge in [-0.1, -0.05) is 32.0 Å². The Morgan fingerprint density at radius 1 is 1.17 bits per heavy atom. The average Bonchev–Trinajstić information content (AvgIpc) is 3.09. The number of hydrogen-bond donors (Lipinski definition) is 2. The summed E-state index contributed by atoms with van der Waals surface area (Å²) in [5.41, 5.74) is -0.238. The van der Waals surface area contributed by atoms with Gasteiger partial charge in [-0.15, -0.1) is 0 Å². The summed E-state index contributed by atoms with van der Waals surface area (Å²) < 4.78 is 5.69. The summed E-state index contributed by atoms with van der Waals surface area (Å²) in [6, 6.07) is 9.13. The number of nitro benzene ring substituents is 1. The van der Waals surface area contributed by atoms with Gasteiger partial charge in [-0.2, -0.15) is 0 Å². The molecule has 2 aromatic rings. The first kappa shape index (κ1) is 26.7. The highest BCUT2D eigenvalue weighted by Crippen LogP contribution is 2.41. The average molecular weight is 498 g/mol. The maximum atomic E-state index is 13.2. The number of ketones is 1. The van der Waals surface area contributed by atoms with Gasteiger partial charge in [0, 0.05) is 24.7 Å². The summed E-state index contributed by atoms with van der Waals surface area (Å²) in [5.74, 6) is -2.17. The van der Waals surface area contributed by atoms with Crippen molar-refractivity contribution in [1.82, 2.24) is 9.80 Å². The van der Waals surface area contributed by atoms with Crippen molar-refractivity contribution in [1.29, 1.82) is 0 Å². The third-order valence-electron chi connectivity index (χ3n) is 6.08. The Labute approximate surface area is 209 Å². The molecule has 0 spiro atoms. The van der Waals surface area contributed by atoms with Gasteiger partial charge in [0.05, 0.1) is 22.6 Å². The van der Waals surface area contributed by atoms with Gasteiger partial charge in [-0.25, -0.2) is 0 Å². The summed E-state index contributed by atoms with van der Waals surface area (Å²) in [6.45, 7) is 9.76. The van der Waals surface area contributed by atoms with Gasteiger partial charge in [-0.3, -0.25) is 19.7 Å². The molecule has 0 aliphatic carbocycles. The van der Waals surface area contributed by atoms with Crippen LogP contribution in [0.2, 0.25) is 0 Å². The number of Topliss-reactive ketones (excluding diaryl/α,β-unsaturated/α-hetero) is 1. The maximum absolute atomic E-state index is 13.2. The molecular weight excluding hydrogens is 466 g/mol. The van der Waals surface area contributed by atoms with E-state index in [2.05, 4.69) is 4.90 Å². The van der Waals surface area contributed by atoms with Crippen LogP contribution in [0.1, 0.15) is 44.9 Å². The van der Waals surface area contributed by atoms with Crippen molar-refractivity contribution in [2.45, 2.75) is 39.8 Å². The number of likely N-dealkylation sites (tertiary alicyclic amines) is 1. The molecule has 1 saturated heterocycles. The number of aliphatic hydroxyl groups is 1. The molecule has 1 atom stereocenters. The lowest BCUT2D eigenvalue weighted by Crippen LogP contribution is -2.38. The van der Waals surface area contributed by atoms with Crippen molar-refractivity contribution in [3.63, 3.8) is 0 Å². The second kappa shape index (κ2) is 11.2. The molecule has 1 unspecified atom stereocenters. The molecule has 1 amide bonds. The minimum Gasteiger partial charge on any atom is -0.507 e. The molecule has 192 valence electrons. The van der Waals surface area contributed by atoms with E-state index in [4.69, 9.17) is 4.74 Å². The zero-order chi connectivity index (χ0) is 26.6. The standard InChI is InChI=1S/C26H31N3O7/c1-5-27(6-2)12-13-28-23(17-10-11-21(30)20(15-17)29(34)35)22(25(32)26(28)33)24(31)18-8-7-9-19(14-18)36-16(3)4/h7-11,14-16,23,30-31H,5-6,12-13H2,1-4H3/b24-22-. The fraction of sp³-hybridized carbons (Fsp3) is 0.385. The van der Waals surface area contributed by atoms with Crippen LogP contribution < -0.4 is 4.74 Å². The molecule has 36 heavy (non-hydrogen) atoms. The molecule has 2 aromatic carbocycles. The Morgan fingerprint density at radius 2 is 1.86 bits per heavy atom. The van der Waals surface area contributed by atoms with Gasteiger partial charge in [0.2, 0.25) is 0 Å². The minimum absolute atomic E-state index is 0.120. The number of aromatic hydroxyl groups is 1. The smallest absolute Gasteiger partial charge is 0.311 e. The van der Waals surface area contributed by atoms with Gasteiger partial charge in [0.15, 0.2) is 5.75 Å². The molecule has 0 radical (unpaired) electrons. The maximum Gasteiger partial charge on any atom is 0.311 e. The first-order valence-corrected chi connectivity index (χ1v) is 11.8. The van der Waals surface area contributed by atoms with Gasteiger partial charge in [0.1, 0.15) is 11.5 Å². The first-order valence-electron chi connectivity index (χ1n) is 11.8. The molecule has 3 rings (SSSR count). The fourth-order valence-electron chi connectivity index (χ4n) is 4.25. The summed E-state index contributed by atoms with van der Waals surface area (Å²) >= 11 is 0. The van der Waals surface area contributed by atoms with E-state index in [1.807, 2.05) is 27.7 Å². The van der Waals surface area contributed by atoms with E-state index in [-0.39, 0.29) is 29.3 Å². The summed E-state index contributed by atoms with van der Waals surface area (Å²) in [6.07, 6.45) is -0.120. The molecule has 1 fully saturated rings. The molecule has 2 N–H and O–H groups in total. The van der Waals surface area contributed by atoms with Crippen molar-refractivity contribution in [3.05, 3.63) is 69.3 Å². The van der Waals surface area contributed by atoms with Crippen LogP contribution in [0.3, 0.4) is 0 Å². The van der Waals surface area contributed by atoms with E-state index in [0.29, 0.717) is 12.3 Å². The van der Waals surface area contributed by atoms with Crippen molar-refractivity contribution >= 4 is 23.1 Å². The molecule has 1 aliphatic rings. The lowest BCUT2D eigenvalue weighted by atomic mass is 9.94. The van der Waals surface area contributed by atoms with Gasteiger partial charge in [-0.05, 0) is 50.7 Å². The highest BCUT2D eigenvalue weighted by Gasteiger charge is 2.46. The molecule has 1 aliphatic heterocycles. The zero-order valence-corrected chi connectivity index (χ0v) is 20.8. The summed E-state index contributed by atoms with van der Waals surface area (Å²) in [5, 5.41) is 32.7. The number of ether oxygens (including phenoxy) is 1. The monoisotopic (exact) mass is 497 g/mol. The van der Waals surface area contributed by atoms with Crippen LogP contribution in [0.25, 0.3) is 5.76 Å². The lowest BCUT2D eigenvalue weighted by Gasteiger charge is -2.28. The molecule has 10 nitrogen and oxygen atoms in total. The molecule has 0 saturated carbocycles. The zero-order valence-electron chi connectivity index (χ0n) is 20.8. The number of hydrogen-bond acceptors (Lipinski definition) is 8. The highest BCUT2D eigenvalue weighted by molar-refractivity contribution is 6.46. The van der Waals surface area contributed by atoms with Crippen molar-refractivity contribution in [3.8, 4) is 11.5 Å². The SMILES string of the molecule is CCN(CC)CCN1C(=O)C(=O)/C(=C(\O)c2cccc(OC(C)C)c2)C1c1ccc(O)c([N+](=O)[O-])c1. The van der Waals surface area contributed by atoms with Crippen LogP contribution >= 0.6 is 0 Å². The van der Waals surface area contributed by atoms with E-state index >= 15 is 0 Å². The topological polar surface area (TPSA) is 133 Å². The van der Waals surface area contributed by atoms with E-state index in [1.54, 1.807) is 24.3 Å². The predicted octanol–water partition coefficient (Wildman–Crippen LogP) is 3.85. The molecule has 10 heteroatoms. The quantitative estimate of drug-likeness (QED) is 0.166. The Kier molecular flexibility index (Phi) is 8.31. The Bertz CT molecular complexity index is 1190.